The van der Waals surface area contributed by atoms with Crippen LogP contribution < -0.4 is 19.7 Å². The molecule has 1 unspecified atom stereocenters. The Balaban J connectivity index is 1.54. The lowest BCUT2D eigenvalue weighted by Gasteiger charge is -2.39. The maximum atomic E-state index is 13.0. The lowest BCUT2D eigenvalue weighted by atomic mass is 9.76. The van der Waals surface area contributed by atoms with Gasteiger partial charge in [-0.3, -0.25) is 4.90 Å². The number of carbonyl (C=O) groups is 1. The number of hydrogen-bond acceptors (Lipinski definition) is 7. The summed E-state index contributed by atoms with van der Waals surface area (Å²) < 4.78 is 11.5. The second kappa shape index (κ2) is 15.6. The molecule has 1 fully saturated rings. The number of hydrogen-bond donors (Lipinski definition) is 2. The normalized spacial score (nSPS) is 14.6. The highest BCUT2D eigenvalue weighted by Gasteiger charge is 2.37. The summed E-state index contributed by atoms with van der Waals surface area (Å²) >= 11 is 0. The van der Waals surface area contributed by atoms with Gasteiger partial charge >= 0.3 is 6.09 Å². The fourth-order valence-corrected chi connectivity index (χ4v) is 6.22. The van der Waals surface area contributed by atoms with E-state index in [9.17, 15) is 9.90 Å². The van der Waals surface area contributed by atoms with Gasteiger partial charge in [0.1, 0.15) is 17.3 Å². The van der Waals surface area contributed by atoms with Crippen LogP contribution in [0.1, 0.15) is 65.0 Å². The van der Waals surface area contributed by atoms with E-state index in [-0.39, 0.29) is 17.8 Å². The van der Waals surface area contributed by atoms with Crippen molar-refractivity contribution in [2.24, 2.45) is 17.8 Å². The zero-order valence-electron chi connectivity index (χ0n) is 26.2. The van der Waals surface area contributed by atoms with Gasteiger partial charge in [-0.2, -0.15) is 4.98 Å². The molecule has 9 heteroatoms. The van der Waals surface area contributed by atoms with Gasteiger partial charge in [0.25, 0.3) is 0 Å². The first kappa shape index (κ1) is 32.1. The maximum Gasteiger partial charge on any atom is 0.413 e. The number of rotatable bonds is 14. The number of anilines is 3. The van der Waals surface area contributed by atoms with E-state index in [0.717, 1.165) is 30.0 Å². The van der Waals surface area contributed by atoms with Gasteiger partial charge in [0.05, 0.1) is 19.8 Å². The second-order valence-corrected chi connectivity index (χ2v) is 11.9. The van der Waals surface area contributed by atoms with Gasteiger partial charge in [0.2, 0.25) is 5.95 Å². The van der Waals surface area contributed by atoms with Crippen molar-refractivity contribution in [3.63, 3.8) is 0 Å². The molecule has 0 saturated carbocycles. The second-order valence-electron chi connectivity index (χ2n) is 11.9. The predicted octanol–water partition coefficient (Wildman–Crippen LogP) is 7.64. The van der Waals surface area contributed by atoms with Crippen LogP contribution >= 0.6 is 0 Å². The molecule has 43 heavy (non-hydrogen) atoms. The molecule has 3 aromatic rings. The Hall–Kier alpha value is -3.85. The van der Waals surface area contributed by atoms with Crippen LogP contribution in [0.25, 0.3) is 0 Å². The fraction of sp³-hybridized carbons (Fsp3) is 0.500. The highest BCUT2D eigenvalue weighted by atomic mass is 16.5. The Morgan fingerprint density at radius 1 is 1.00 bits per heavy atom. The number of methoxy groups -OCH3 is 1. The van der Waals surface area contributed by atoms with E-state index < -0.39 is 12.1 Å². The van der Waals surface area contributed by atoms with Gasteiger partial charge in [-0.15, -0.1) is 0 Å². The molecule has 232 valence electrons. The summed E-state index contributed by atoms with van der Waals surface area (Å²) in [6.45, 7) is 12.6. The van der Waals surface area contributed by atoms with Crippen LogP contribution in [0.4, 0.5) is 22.2 Å². The molecule has 1 aliphatic rings. The molecule has 2 N–H and O–H groups in total. The van der Waals surface area contributed by atoms with E-state index in [1.807, 2.05) is 48.5 Å². The van der Waals surface area contributed by atoms with Crippen molar-refractivity contribution >= 4 is 23.5 Å². The largest absolute Gasteiger partial charge is 0.497 e. The standard InChI is InChI=1S/C34H47N5O4/c1-24(2)31(25(3)4)32(26-12-9-14-28(22-26)42-5)39(34(40)41)30-16-17-35-33(37-30)36-27-13-10-15-29(23-27)43-21-11-20-38-18-7-6-8-19-38/h9-10,12-17,22-25,31-32H,6-8,11,18-21H2,1-5H3,(H,40,41)(H,35,36,37). The number of benzene rings is 2. The van der Waals surface area contributed by atoms with Crippen molar-refractivity contribution in [1.82, 2.24) is 14.9 Å². The van der Waals surface area contributed by atoms with Gasteiger partial charge < -0.3 is 24.8 Å². The lowest BCUT2D eigenvalue weighted by molar-refractivity contribution is 0.181. The Labute approximate surface area is 256 Å². The number of likely N-dealkylation sites (tertiary alicyclic amines) is 1. The molecular weight excluding hydrogens is 542 g/mol. The number of aromatic nitrogens is 2. The Bertz CT molecular complexity index is 1300. The Morgan fingerprint density at radius 3 is 2.42 bits per heavy atom. The van der Waals surface area contributed by atoms with E-state index in [2.05, 4.69) is 47.9 Å². The third-order valence-corrected chi connectivity index (χ3v) is 8.14. The highest BCUT2D eigenvalue weighted by Crippen LogP contribution is 2.41. The third kappa shape index (κ3) is 8.83. The zero-order valence-corrected chi connectivity index (χ0v) is 26.2. The summed E-state index contributed by atoms with van der Waals surface area (Å²) in [7, 11) is 1.61. The number of piperidine rings is 1. The first-order valence-electron chi connectivity index (χ1n) is 15.5. The summed E-state index contributed by atoms with van der Waals surface area (Å²) in [5, 5.41) is 13.8. The van der Waals surface area contributed by atoms with Gasteiger partial charge in [-0.25, -0.2) is 9.78 Å². The zero-order chi connectivity index (χ0) is 30.8. The third-order valence-electron chi connectivity index (χ3n) is 8.14. The Morgan fingerprint density at radius 2 is 1.72 bits per heavy atom. The molecule has 2 heterocycles. The molecule has 1 aliphatic heterocycles. The number of amides is 1. The van der Waals surface area contributed by atoms with Crippen molar-refractivity contribution in [2.45, 2.75) is 59.4 Å². The summed E-state index contributed by atoms with van der Waals surface area (Å²) in [6, 6.07) is 16.5. The quantitative estimate of drug-likeness (QED) is 0.185. The molecule has 1 amide bonds. The van der Waals surface area contributed by atoms with Crippen LogP contribution in [0.5, 0.6) is 11.5 Å². The van der Waals surface area contributed by atoms with Crippen LogP contribution in [0.15, 0.2) is 60.8 Å². The number of ether oxygens (including phenoxy) is 2. The highest BCUT2D eigenvalue weighted by molar-refractivity contribution is 5.86. The summed E-state index contributed by atoms with van der Waals surface area (Å²) in [5.74, 6) is 2.48. The molecular formula is C34H47N5O4. The summed E-state index contributed by atoms with van der Waals surface area (Å²) in [5.41, 5.74) is 1.62. The molecule has 4 rings (SSSR count). The average molecular weight is 590 g/mol. The van der Waals surface area contributed by atoms with Gasteiger partial charge in [0.15, 0.2) is 0 Å². The fourth-order valence-electron chi connectivity index (χ4n) is 6.22. The number of nitrogens with zero attached hydrogens (tertiary/aromatic N) is 4. The smallest absolute Gasteiger partial charge is 0.413 e. The predicted molar refractivity (Wildman–Crippen MR) is 172 cm³/mol. The molecule has 1 aromatic heterocycles. The average Bonchev–Trinajstić information content (AvgIpc) is 2.99. The molecule has 0 aliphatic carbocycles. The minimum atomic E-state index is -1.08. The van der Waals surface area contributed by atoms with Gasteiger partial charge in [-0.05, 0) is 86.0 Å². The topological polar surface area (TPSA) is 100 Å². The Kier molecular flexibility index (Phi) is 11.6. The minimum Gasteiger partial charge on any atom is -0.497 e. The molecule has 9 nitrogen and oxygen atoms in total. The molecule has 1 saturated heterocycles. The molecule has 0 bridgehead atoms. The van der Waals surface area contributed by atoms with E-state index in [1.54, 1.807) is 19.4 Å². The first-order chi connectivity index (χ1) is 20.8. The van der Waals surface area contributed by atoms with Crippen LogP contribution in [0.2, 0.25) is 0 Å². The molecule has 1 atom stereocenters. The van der Waals surface area contributed by atoms with Crippen molar-refractivity contribution in [1.29, 1.82) is 0 Å². The summed E-state index contributed by atoms with van der Waals surface area (Å²) in [4.78, 5) is 25.9. The van der Waals surface area contributed by atoms with E-state index in [1.165, 1.54) is 37.3 Å². The monoisotopic (exact) mass is 589 g/mol. The van der Waals surface area contributed by atoms with Crippen LogP contribution in [-0.2, 0) is 0 Å². The number of nitrogens with one attached hydrogen (secondary N) is 1. The first-order valence-corrected chi connectivity index (χ1v) is 15.5. The number of carboxylic acid groups (broad SMARTS) is 1. The van der Waals surface area contributed by atoms with Gasteiger partial charge in [-0.1, -0.05) is 52.3 Å². The molecule has 0 radical (unpaired) electrons. The summed E-state index contributed by atoms with van der Waals surface area (Å²) in [6.07, 6.45) is 5.41. The van der Waals surface area contributed by atoms with Gasteiger partial charge in [0, 0.05) is 24.5 Å². The molecule has 2 aromatic carbocycles. The van der Waals surface area contributed by atoms with Crippen LogP contribution in [0, 0.1) is 17.8 Å². The maximum absolute atomic E-state index is 13.0. The van der Waals surface area contributed by atoms with E-state index >= 15 is 0 Å². The molecule has 0 spiro atoms. The SMILES string of the molecule is COc1cccc(C(C(C(C)C)C(C)C)N(C(=O)O)c2ccnc(Nc3cccc(OCCCN4CCCCC4)c3)n2)c1. The van der Waals surface area contributed by atoms with Crippen LogP contribution in [-0.4, -0.2) is 59.4 Å². The van der Waals surface area contributed by atoms with Crippen molar-refractivity contribution in [3.05, 3.63) is 66.4 Å². The van der Waals surface area contributed by atoms with Crippen molar-refractivity contribution in [3.8, 4) is 11.5 Å². The van der Waals surface area contributed by atoms with E-state index in [4.69, 9.17) is 9.47 Å². The van der Waals surface area contributed by atoms with Crippen LogP contribution in [0.3, 0.4) is 0 Å². The van der Waals surface area contributed by atoms with E-state index in [0.29, 0.717) is 24.1 Å². The van der Waals surface area contributed by atoms with Crippen molar-refractivity contribution < 1.29 is 19.4 Å². The lowest BCUT2D eigenvalue weighted by Crippen LogP contribution is -2.41. The minimum absolute atomic E-state index is 0.0123. The van der Waals surface area contributed by atoms with Crippen molar-refractivity contribution in [2.75, 3.05) is 43.6 Å².